The molecule has 2 N–H and O–H groups in total. The lowest BCUT2D eigenvalue weighted by Crippen LogP contribution is -2.48. The molecule has 1 fully saturated rings. The molecule has 0 saturated carbocycles. The third-order valence-electron chi connectivity index (χ3n) is 5.28. The smallest absolute Gasteiger partial charge is 0.227 e. The van der Waals surface area contributed by atoms with Crippen molar-refractivity contribution in [3.05, 3.63) is 30.4 Å². The third-order valence-corrected chi connectivity index (χ3v) is 5.28. The molecule has 4 rings (SSSR count). The number of aromatic nitrogens is 5. The Morgan fingerprint density at radius 1 is 1.24 bits per heavy atom. The zero-order valence-corrected chi connectivity index (χ0v) is 17.2. The van der Waals surface area contributed by atoms with Gasteiger partial charge in [0, 0.05) is 38.5 Å². The van der Waals surface area contributed by atoms with Crippen LogP contribution in [0.5, 0.6) is 0 Å². The van der Waals surface area contributed by atoms with Crippen LogP contribution in [-0.2, 0) is 4.74 Å². The van der Waals surface area contributed by atoms with Crippen molar-refractivity contribution < 1.29 is 9.84 Å². The summed E-state index contributed by atoms with van der Waals surface area (Å²) in [4.78, 5) is 20.1. The van der Waals surface area contributed by atoms with E-state index in [0.29, 0.717) is 43.1 Å². The number of nitrogens with zero attached hydrogens (tertiary/aromatic N) is 6. The molecule has 29 heavy (non-hydrogen) atoms. The number of methoxy groups -OCH3 is 1. The van der Waals surface area contributed by atoms with E-state index >= 15 is 0 Å². The summed E-state index contributed by atoms with van der Waals surface area (Å²) >= 11 is 0. The first-order valence-electron chi connectivity index (χ1n) is 9.86. The summed E-state index contributed by atoms with van der Waals surface area (Å²) in [5.41, 5.74) is 1.92. The normalized spacial score (nSPS) is 19.9. The lowest BCUT2D eigenvalue weighted by molar-refractivity contribution is -0.0208. The molecular formula is C20H27N7O2. The van der Waals surface area contributed by atoms with Gasteiger partial charge in [0.1, 0.15) is 29.1 Å². The number of nitrogens with one attached hydrogen (secondary N) is 1. The van der Waals surface area contributed by atoms with Crippen LogP contribution in [0.3, 0.4) is 0 Å². The summed E-state index contributed by atoms with van der Waals surface area (Å²) in [5.74, 6) is 2.94. The van der Waals surface area contributed by atoms with Gasteiger partial charge in [-0.3, -0.25) is 0 Å². The van der Waals surface area contributed by atoms with Crippen LogP contribution < -0.4 is 10.2 Å². The summed E-state index contributed by atoms with van der Waals surface area (Å²) in [7, 11) is 1.61. The molecule has 0 radical (unpaired) electrons. The van der Waals surface area contributed by atoms with Crippen LogP contribution in [0.15, 0.2) is 24.5 Å². The van der Waals surface area contributed by atoms with Gasteiger partial charge in [0.15, 0.2) is 0 Å². The first-order chi connectivity index (χ1) is 14.0. The van der Waals surface area contributed by atoms with Crippen molar-refractivity contribution in [3.8, 4) is 0 Å². The molecule has 1 aliphatic heterocycles. The molecule has 0 aliphatic carbocycles. The van der Waals surface area contributed by atoms with Gasteiger partial charge in [0.25, 0.3) is 0 Å². The second-order valence-corrected chi connectivity index (χ2v) is 7.62. The van der Waals surface area contributed by atoms with Crippen molar-refractivity contribution in [2.24, 2.45) is 0 Å². The Hall–Kier alpha value is -2.78. The number of anilines is 3. The van der Waals surface area contributed by atoms with E-state index in [1.165, 1.54) is 0 Å². The third kappa shape index (κ3) is 3.88. The highest BCUT2D eigenvalue weighted by Gasteiger charge is 2.29. The van der Waals surface area contributed by atoms with Crippen LogP contribution in [0, 0.1) is 6.92 Å². The van der Waals surface area contributed by atoms with E-state index in [9.17, 15) is 5.11 Å². The van der Waals surface area contributed by atoms with E-state index in [1.807, 2.05) is 24.0 Å². The van der Waals surface area contributed by atoms with Crippen LogP contribution in [0.2, 0.25) is 0 Å². The Labute approximate surface area is 169 Å². The number of fused-ring (bicyclic) bond motifs is 1. The molecule has 154 valence electrons. The molecule has 9 nitrogen and oxygen atoms in total. The molecule has 1 saturated heterocycles. The van der Waals surface area contributed by atoms with E-state index in [0.717, 1.165) is 16.9 Å². The van der Waals surface area contributed by atoms with E-state index in [-0.39, 0.29) is 6.10 Å². The van der Waals surface area contributed by atoms with Crippen LogP contribution in [0.25, 0.3) is 11.0 Å². The van der Waals surface area contributed by atoms with Crippen LogP contribution >= 0.6 is 0 Å². The molecule has 4 heterocycles. The SMILES string of the molecule is CO[C@H]1CN(c2nccc(Nc3cc4c(cn3)nc(C)n4C(C)C)n2)CC[C@@H]1O. The highest BCUT2D eigenvalue weighted by Crippen LogP contribution is 2.24. The molecule has 3 aromatic rings. The largest absolute Gasteiger partial charge is 0.390 e. The molecule has 0 aromatic carbocycles. The number of piperidine rings is 1. The van der Waals surface area contributed by atoms with Crippen LogP contribution in [0.4, 0.5) is 17.6 Å². The lowest BCUT2D eigenvalue weighted by atomic mass is 10.1. The molecule has 0 spiro atoms. The van der Waals surface area contributed by atoms with Crippen molar-refractivity contribution in [1.82, 2.24) is 24.5 Å². The number of hydrogen-bond donors (Lipinski definition) is 2. The first-order valence-corrected chi connectivity index (χ1v) is 9.86. The second kappa shape index (κ2) is 7.92. The molecule has 2 atom stereocenters. The Kier molecular flexibility index (Phi) is 5.33. The molecule has 9 heteroatoms. The number of rotatable bonds is 5. The van der Waals surface area contributed by atoms with Gasteiger partial charge in [-0.15, -0.1) is 0 Å². The van der Waals surface area contributed by atoms with Crippen molar-refractivity contribution in [2.75, 3.05) is 30.4 Å². The number of aliphatic hydroxyl groups is 1. The Balaban J connectivity index is 1.57. The molecule has 3 aromatic heterocycles. The average Bonchev–Trinajstić information content (AvgIpc) is 3.04. The fraction of sp³-hybridized carbons (Fsp3) is 0.500. The first kappa shape index (κ1) is 19.5. The molecule has 0 bridgehead atoms. The predicted octanol–water partition coefficient (Wildman–Crippen LogP) is 2.44. The quantitative estimate of drug-likeness (QED) is 0.677. The zero-order chi connectivity index (χ0) is 20.5. The van der Waals surface area contributed by atoms with Crippen LogP contribution in [-0.4, -0.2) is 62.0 Å². The van der Waals surface area contributed by atoms with Gasteiger partial charge in [-0.25, -0.2) is 15.0 Å². The van der Waals surface area contributed by atoms with E-state index in [4.69, 9.17) is 4.74 Å². The van der Waals surface area contributed by atoms with Gasteiger partial charge in [-0.1, -0.05) is 0 Å². The maximum Gasteiger partial charge on any atom is 0.227 e. The molecule has 0 unspecified atom stereocenters. The summed E-state index contributed by atoms with van der Waals surface area (Å²) < 4.78 is 7.57. The molecular weight excluding hydrogens is 370 g/mol. The number of hydrogen-bond acceptors (Lipinski definition) is 8. The summed E-state index contributed by atoms with van der Waals surface area (Å²) in [6, 6.07) is 4.12. The number of ether oxygens (including phenoxy) is 1. The Morgan fingerprint density at radius 3 is 2.83 bits per heavy atom. The maximum atomic E-state index is 10.0. The highest BCUT2D eigenvalue weighted by molar-refractivity contribution is 5.79. The van der Waals surface area contributed by atoms with Gasteiger partial charge in [-0.2, -0.15) is 4.98 Å². The zero-order valence-electron chi connectivity index (χ0n) is 17.2. The summed E-state index contributed by atoms with van der Waals surface area (Å²) in [6.45, 7) is 7.52. The summed E-state index contributed by atoms with van der Waals surface area (Å²) in [5, 5.41) is 13.3. The maximum absolute atomic E-state index is 10.0. The molecule has 1 aliphatic rings. The highest BCUT2D eigenvalue weighted by atomic mass is 16.5. The van der Waals surface area contributed by atoms with E-state index in [2.05, 4.69) is 43.7 Å². The van der Waals surface area contributed by atoms with E-state index in [1.54, 1.807) is 19.5 Å². The van der Waals surface area contributed by atoms with Gasteiger partial charge in [-0.05, 0) is 33.3 Å². The Bertz CT molecular complexity index is 1000. The topological polar surface area (TPSA) is 101 Å². The van der Waals surface area contributed by atoms with E-state index < -0.39 is 6.10 Å². The minimum Gasteiger partial charge on any atom is -0.390 e. The van der Waals surface area contributed by atoms with Gasteiger partial charge in [0.05, 0.1) is 17.8 Å². The van der Waals surface area contributed by atoms with Gasteiger partial charge in [0.2, 0.25) is 5.95 Å². The van der Waals surface area contributed by atoms with Crippen molar-refractivity contribution in [1.29, 1.82) is 0 Å². The number of imidazole rings is 1. The van der Waals surface area contributed by atoms with Crippen molar-refractivity contribution >= 4 is 28.6 Å². The van der Waals surface area contributed by atoms with Crippen molar-refractivity contribution in [3.63, 3.8) is 0 Å². The minimum absolute atomic E-state index is 0.243. The van der Waals surface area contributed by atoms with Gasteiger partial charge >= 0.3 is 0 Å². The fourth-order valence-corrected chi connectivity index (χ4v) is 3.86. The number of pyridine rings is 1. The fourth-order valence-electron chi connectivity index (χ4n) is 3.86. The number of aryl methyl sites for hydroxylation is 1. The second-order valence-electron chi connectivity index (χ2n) is 7.62. The Morgan fingerprint density at radius 2 is 2.07 bits per heavy atom. The predicted molar refractivity (Wildman–Crippen MR) is 112 cm³/mol. The molecule has 0 amide bonds. The summed E-state index contributed by atoms with van der Waals surface area (Å²) in [6.07, 6.45) is 3.42. The standard InChI is InChI=1S/C20H27N7O2/c1-12(2)27-13(3)23-14-10-22-19(9-15(14)27)24-18-5-7-21-20(25-18)26-8-6-16(28)17(11-26)29-4/h5,7,9-10,12,16-17,28H,6,8,11H2,1-4H3,(H,21,22,24,25)/t16-,17-/m0/s1. The lowest BCUT2D eigenvalue weighted by Gasteiger charge is -2.35. The van der Waals surface area contributed by atoms with Crippen LogP contribution in [0.1, 0.15) is 32.1 Å². The average molecular weight is 397 g/mol. The number of aliphatic hydroxyl groups excluding tert-OH is 1. The van der Waals surface area contributed by atoms with Crippen molar-refractivity contribution in [2.45, 2.75) is 45.4 Å². The van der Waals surface area contributed by atoms with Gasteiger partial charge < -0.3 is 24.6 Å². The monoisotopic (exact) mass is 397 g/mol. The minimum atomic E-state index is -0.456.